The van der Waals surface area contributed by atoms with Crippen LogP contribution in [0.4, 0.5) is 5.69 Å². The van der Waals surface area contributed by atoms with Gasteiger partial charge in [-0.15, -0.1) is 0 Å². The average molecular weight is 340 g/mol. The Morgan fingerprint density at radius 3 is 2.84 bits per heavy atom. The first-order valence-electron chi connectivity index (χ1n) is 8.42. The van der Waals surface area contributed by atoms with Crippen LogP contribution in [-0.2, 0) is 17.8 Å². The molecule has 0 spiro atoms. The maximum atomic E-state index is 12.5. The number of fused-ring (bicyclic) bond motifs is 1. The summed E-state index contributed by atoms with van der Waals surface area (Å²) in [6.45, 7) is 2.66. The van der Waals surface area contributed by atoms with Crippen LogP contribution in [0.5, 0.6) is 5.75 Å². The summed E-state index contributed by atoms with van der Waals surface area (Å²) >= 11 is 0. The number of ether oxygens (including phenoxy) is 1. The predicted octanol–water partition coefficient (Wildman–Crippen LogP) is 2.13. The molecule has 2 N–H and O–H groups in total. The molecule has 0 saturated heterocycles. The molecule has 0 unspecified atom stereocenters. The van der Waals surface area contributed by atoms with E-state index in [0.29, 0.717) is 6.54 Å². The molecule has 0 radical (unpaired) electrons. The first-order valence-corrected chi connectivity index (χ1v) is 8.42. The number of hydrogen-bond acceptors (Lipinski definition) is 4. The van der Waals surface area contributed by atoms with Gasteiger partial charge in [-0.3, -0.25) is 4.79 Å². The van der Waals surface area contributed by atoms with Gasteiger partial charge in [-0.25, -0.2) is 0 Å². The van der Waals surface area contributed by atoms with Crippen LogP contribution >= 0.6 is 0 Å². The third-order valence-electron chi connectivity index (χ3n) is 4.77. The summed E-state index contributed by atoms with van der Waals surface area (Å²) in [4.78, 5) is 14.5. The van der Waals surface area contributed by atoms with Gasteiger partial charge in [0.15, 0.2) is 0 Å². The number of benzene rings is 2. The van der Waals surface area contributed by atoms with Crippen molar-refractivity contribution in [2.45, 2.75) is 25.4 Å². The zero-order valence-electron chi connectivity index (χ0n) is 14.7. The summed E-state index contributed by atoms with van der Waals surface area (Å²) in [5, 5.41) is 12.8. The molecule has 1 heterocycles. The number of aliphatic hydroxyl groups excluding tert-OH is 1. The van der Waals surface area contributed by atoms with Crippen molar-refractivity contribution in [2.24, 2.45) is 0 Å². The van der Waals surface area contributed by atoms with Gasteiger partial charge in [-0.05, 0) is 42.7 Å². The van der Waals surface area contributed by atoms with Gasteiger partial charge < -0.3 is 20.1 Å². The molecule has 0 aromatic heterocycles. The first-order chi connectivity index (χ1) is 12.1. The van der Waals surface area contributed by atoms with Crippen LogP contribution < -0.4 is 15.0 Å². The first kappa shape index (κ1) is 17.3. The van der Waals surface area contributed by atoms with Crippen molar-refractivity contribution in [3.63, 3.8) is 0 Å². The molecular weight excluding hydrogens is 316 g/mol. The Bertz CT molecular complexity index is 762. The largest absolute Gasteiger partial charge is 0.497 e. The van der Waals surface area contributed by atoms with Gasteiger partial charge in [-0.2, -0.15) is 0 Å². The van der Waals surface area contributed by atoms with Crippen molar-refractivity contribution in [2.75, 3.05) is 25.2 Å². The zero-order valence-corrected chi connectivity index (χ0v) is 14.7. The van der Waals surface area contributed by atoms with Gasteiger partial charge in [0.1, 0.15) is 5.75 Å². The number of aliphatic hydroxyl groups is 1. The minimum absolute atomic E-state index is 0.00481. The van der Waals surface area contributed by atoms with Crippen LogP contribution in [0.25, 0.3) is 0 Å². The third-order valence-corrected chi connectivity index (χ3v) is 4.77. The van der Waals surface area contributed by atoms with Crippen molar-refractivity contribution in [3.8, 4) is 5.75 Å². The van der Waals surface area contributed by atoms with Crippen molar-refractivity contribution < 1.29 is 14.6 Å². The molecule has 0 bridgehead atoms. The normalized spacial score (nSPS) is 18.8. The number of hydrogen-bond donors (Lipinski definition) is 2. The van der Waals surface area contributed by atoms with Crippen molar-refractivity contribution in [3.05, 3.63) is 59.7 Å². The van der Waals surface area contributed by atoms with Gasteiger partial charge in [-0.1, -0.05) is 30.3 Å². The summed E-state index contributed by atoms with van der Waals surface area (Å²) in [7, 11) is 1.62. The highest BCUT2D eigenvalue weighted by Gasteiger charge is 2.39. The summed E-state index contributed by atoms with van der Waals surface area (Å²) in [6, 6.07) is 15.6. The van der Waals surface area contributed by atoms with Gasteiger partial charge in [0, 0.05) is 12.2 Å². The van der Waals surface area contributed by atoms with Gasteiger partial charge in [0.05, 0.1) is 25.8 Å². The lowest BCUT2D eigenvalue weighted by Crippen LogP contribution is -2.51. The fraction of sp³-hybridized carbons (Fsp3) is 0.350. The van der Waals surface area contributed by atoms with Crippen LogP contribution in [0, 0.1) is 0 Å². The van der Waals surface area contributed by atoms with Crippen LogP contribution in [-0.4, -0.2) is 36.8 Å². The van der Waals surface area contributed by atoms with E-state index in [1.807, 2.05) is 54.3 Å². The molecule has 2 aromatic carbocycles. The monoisotopic (exact) mass is 340 g/mol. The second-order valence-electron chi connectivity index (χ2n) is 6.67. The zero-order chi connectivity index (χ0) is 17.9. The minimum atomic E-state index is -0.447. The topological polar surface area (TPSA) is 61.8 Å². The Kier molecular flexibility index (Phi) is 4.95. The molecule has 0 fully saturated rings. The Balaban J connectivity index is 1.67. The molecular formula is C20H24N2O3. The fourth-order valence-electron chi connectivity index (χ4n) is 3.32. The second-order valence-corrected chi connectivity index (χ2v) is 6.67. The molecule has 0 saturated carbocycles. The number of carbonyl (C=O) groups excluding carboxylic acids is 1. The number of carbonyl (C=O) groups is 1. The number of nitrogens with zero attached hydrogens (tertiary/aromatic N) is 1. The Morgan fingerprint density at radius 2 is 2.08 bits per heavy atom. The maximum Gasteiger partial charge on any atom is 0.239 e. The summed E-state index contributed by atoms with van der Waals surface area (Å²) in [5.41, 5.74) is 2.73. The molecule has 2 aromatic rings. The van der Waals surface area contributed by atoms with E-state index >= 15 is 0 Å². The second kappa shape index (κ2) is 7.15. The summed E-state index contributed by atoms with van der Waals surface area (Å²) < 4.78 is 5.20. The van der Waals surface area contributed by atoms with E-state index in [-0.39, 0.29) is 19.1 Å². The minimum Gasteiger partial charge on any atom is -0.497 e. The van der Waals surface area contributed by atoms with E-state index in [2.05, 4.69) is 11.4 Å². The number of rotatable bonds is 6. The van der Waals surface area contributed by atoms with Crippen LogP contribution in [0.2, 0.25) is 0 Å². The quantitative estimate of drug-likeness (QED) is 0.846. The molecule has 5 nitrogen and oxygen atoms in total. The highest BCUT2D eigenvalue weighted by molar-refractivity contribution is 5.83. The molecule has 25 heavy (non-hydrogen) atoms. The Hall–Kier alpha value is -2.53. The fourth-order valence-corrected chi connectivity index (χ4v) is 3.32. The number of methoxy groups -OCH3 is 1. The lowest BCUT2D eigenvalue weighted by Gasteiger charge is -2.35. The molecule has 0 aliphatic carbocycles. The van der Waals surface area contributed by atoms with Crippen molar-refractivity contribution in [1.29, 1.82) is 0 Å². The SMILES string of the molecule is COc1cccc(CNC(=O)CN2c3ccccc3C[C@]2(C)CO)c1. The van der Waals surface area contributed by atoms with Crippen LogP contribution in [0.3, 0.4) is 0 Å². The van der Waals surface area contributed by atoms with E-state index in [1.54, 1.807) is 7.11 Å². The van der Waals surface area contributed by atoms with Gasteiger partial charge >= 0.3 is 0 Å². The molecule has 1 amide bonds. The van der Waals surface area contributed by atoms with Crippen molar-refractivity contribution in [1.82, 2.24) is 5.32 Å². The smallest absolute Gasteiger partial charge is 0.239 e. The van der Waals surface area contributed by atoms with Crippen LogP contribution in [0.15, 0.2) is 48.5 Å². The number of para-hydroxylation sites is 1. The third kappa shape index (κ3) is 3.61. The number of nitrogens with one attached hydrogen (secondary N) is 1. The Morgan fingerprint density at radius 1 is 1.28 bits per heavy atom. The molecule has 1 atom stereocenters. The molecule has 3 rings (SSSR count). The summed E-state index contributed by atoms with van der Waals surface area (Å²) in [6.07, 6.45) is 0.739. The molecule has 5 heteroatoms. The molecule has 1 aliphatic heterocycles. The Labute approximate surface area is 148 Å². The van der Waals surface area contributed by atoms with E-state index in [4.69, 9.17) is 4.74 Å². The number of anilines is 1. The van der Waals surface area contributed by atoms with E-state index in [0.717, 1.165) is 23.4 Å². The number of amides is 1. The van der Waals surface area contributed by atoms with Gasteiger partial charge in [0.2, 0.25) is 5.91 Å². The maximum absolute atomic E-state index is 12.5. The van der Waals surface area contributed by atoms with E-state index in [9.17, 15) is 9.90 Å². The average Bonchev–Trinajstić information content (AvgIpc) is 2.93. The highest BCUT2D eigenvalue weighted by atomic mass is 16.5. The molecule has 1 aliphatic rings. The molecule has 132 valence electrons. The summed E-state index contributed by atoms with van der Waals surface area (Å²) in [5.74, 6) is 0.701. The lowest BCUT2D eigenvalue weighted by atomic mass is 9.98. The highest BCUT2D eigenvalue weighted by Crippen LogP contribution is 2.38. The van der Waals surface area contributed by atoms with Crippen molar-refractivity contribution >= 4 is 11.6 Å². The van der Waals surface area contributed by atoms with Crippen LogP contribution in [0.1, 0.15) is 18.1 Å². The lowest BCUT2D eigenvalue weighted by molar-refractivity contribution is -0.120. The van der Waals surface area contributed by atoms with E-state index < -0.39 is 5.54 Å². The standard InChI is InChI=1S/C20H24N2O3/c1-20(14-23)11-16-7-3-4-9-18(16)22(20)13-19(24)21-12-15-6-5-8-17(10-15)25-2/h3-10,23H,11-14H2,1-2H3,(H,21,24)/t20-/m1/s1. The van der Waals surface area contributed by atoms with E-state index in [1.165, 1.54) is 5.56 Å². The predicted molar refractivity (Wildman–Crippen MR) is 97.8 cm³/mol. The van der Waals surface area contributed by atoms with Gasteiger partial charge in [0.25, 0.3) is 0 Å².